The summed E-state index contributed by atoms with van der Waals surface area (Å²) in [4.78, 5) is 2.39. The summed E-state index contributed by atoms with van der Waals surface area (Å²) in [5.74, 6) is 0.610. The van der Waals surface area contributed by atoms with Crippen LogP contribution in [0.1, 0.15) is 64.1 Å². The van der Waals surface area contributed by atoms with Gasteiger partial charge in [0.25, 0.3) is 0 Å². The summed E-state index contributed by atoms with van der Waals surface area (Å²) in [7, 11) is 2.19. The van der Waals surface area contributed by atoms with Crippen LogP contribution in [0.4, 0.5) is 0 Å². The molecule has 0 bridgehead atoms. The fourth-order valence-corrected chi connectivity index (χ4v) is 2.19. The van der Waals surface area contributed by atoms with Gasteiger partial charge in [-0.25, -0.2) is 0 Å². The van der Waals surface area contributed by atoms with Gasteiger partial charge in [-0.05, 0) is 64.4 Å². The highest BCUT2D eigenvalue weighted by atomic mass is 15.1. The van der Waals surface area contributed by atoms with Crippen LogP contribution in [0.3, 0.4) is 0 Å². The Balaban J connectivity index is 2.34. The molecule has 0 aliphatic rings. The topological polar surface area (TPSA) is 15.3 Å². The highest BCUT2D eigenvalue weighted by Crippen LogP contribution is 2.18. The zero-order chi connectivity index (χ0) is 15.1. The van der Waals surface area contributed by atoms with E-state index in [9.17, 15) is 0 Å². The van der Waals surface area contributed by atoms with E-state index in [1.165, 1.54) is 17.5 Å². The average molecular weight is 276 g/mol. The fraction of sp³-hybridized carbons (Fsp3) is 0.667. The van der Waals surface area contributed by atoms with Crippen LogP contribution < -0.4 is 5.32 Å². The average Bonchev–Trinajstić information content (AvgIpc) is 2.43. The van der Waals surface area contributed by atoms with E-state index in [0.717, 1.165) is 13.1 Å². The number of nitrogens with one attached hydrogen (secondary N) is 1. The van der Waals surface area contributed by atoms with Crippen molar-refractivity contribution in [1.82, 2.24) is 10.2 Å². The molecule has 2 heteroatoms. The summed E-state index contributed by atoms with van der Waals surface area (Å²) >= 11 is 0. The Hall–Kier alpha value is -0.860. The molecule has 1 unspecified atom stereocenters. The normalized spacial score (nSPS) is 13.4. The predicted octanol–water partition coefficient (Wildman–Crippen LogP) is 4.19. The first-order valence-corrected chi connectivity index (χ1v) is 7.95. The van der Waals surface area contributed by atoms with Crippen LogP contribution >= 0.6 is 0 Å². The third kappa shape index (κ3) is 5.64. The Labute approximate surface area is 125 Å². The van der Waals surface area contributed by atoms with Crippen LogP contribution in [-0.2, 0) is 0 Å². The number of hydrogen-bond donors (Lipinski definition) is 1. The molecule has 0 saturated heterocycles. The maximum absolute atomic E-state index is 3.62. The molecular formula is C18H32N2. The molecule has 0 amide bonds. The first kappa shape index (κ1) is 17.2. The summed E-state index contributed by atoms with van der Waals surface area (Å²) in [6.07, 6.45) is 1.20. The second kappa shape index (κ2) is 8.43. The Morgan fingerprint density at radius 2 is 1.50 bits per heavy atom. The monoisotopic (exact) mass is 276 g/mol. The van der Waals surface area contributed by atoms with Crippen molar-refractivity contribution in [2.24, 2.45) is 0 Å². The van der Waals surface area contributed by atoms with Crippen molar-refractivity contribution in [3.63, 3.8) is 0 Å². The summed E-state index contributed by atoms with van der Waals surface area (Å²) in [5, 5.41) is 3.62. The molecule has 0 fully saturated rings. The lowest BCUT2D eigenvalue weighted by Gasteiger charge is -2.21. The lowest BCUT2D eigenvalue weighted by Crippen LogP contribution is -2.30. The maximum Gasteiger partial charge on any atom is 0.0291 e. The molecule has 1 aromatic rings. The molecule has 0 aromatic heterocycles. The Morgan fingerprint density at radius 3 is 2.00 bits per heavy atom. The van der Waals surface area contributed by atoms with Gasteiger partial charge in [-0.1, -0.05) is 38.1 Å². The van der Waals surface area contributed by atoms with Crippen LogP contribution in [0.15, 0.2) is 24.3 Å². The highest BCUT2D eigenvalue weighted by Gasteiger charge is 2.06. The minimum atomic E-state index is 0.431. The van der Waals surface area contributed by atoms with Crippen molar-refractivity contribution >= 4 is 0 Å². The molecule has 20 heavy (non-hydrogen) atoms. The van der Waals surface area contributed by atoms with E-state index in [1.54, 1.807) is 0 Å². The summed E-state index contributed by atoms with van der Waals surface area (Å²) in [6, 6.07) is 10.1. The molecule has 0 radical (unpaired) electrons. The van der Waals surface area contributed by atoms with E-state index in [0.29, 0.717) is 18.0 Å². The summed E-state index contributed by atoms with van der Waals surface area (Å²) < 4.78 is 0. The first-order valence-electron chi connectivity index (χ1n) is 7.95. The molecule has 1 rings (SSSR count). The van der Waals surface area contributed by atoms with Crippen molar-refractivity contribution in [2.75, 3.05) is 20.1 Å². The van der Waals surface area contributed by atoms with Crippen LogP contribution in [0.25, 0.3) is 0 Å². The highest BCUT2D eigenvalue weighted by molar-refractivity contribution is 5.26. The van der Waals surface area contributed by atoms with Crippen molar-refractivity contribution in [2.45, 2.75) is 59.0 Å². The van der Waals surface area contributed by atoms with E-state index < -0.39 is 0 Å². The van der Waals surface area contributed by atoms with E-state index in [-0.39, 0.29) is 0 Å². The first-order chi connectivity index (χ1) is 9.41. The van der Waals surface area contributed by atoms with E-state index in [1.807, 2.05) is 0 Å². The number of rotatable bonds is 8. The minimum absolute atomic E-state index is 0.431. The minimum Gasteiger partial charge on any atom is -0.310 e. The molecular weight excluding hydrogens is 244 g/mol. The zero-order valence-corrected chi connectivity index (χ0v) is 14.1. The smallest absolute Gasteiger partial charge is 0.0291 e. The van der Waals surface area contributed by atoms with Crippen LogP contribution in [0.5, 0.6) is 0 Å². The van der Waals surface area contributed by atoms with Gasteiger partial charge in [0.05, 0.1) is 0 Å². The number of benzene rings is 1. The third-order valence-electron chi connectivity index (χ3n) is 4.12. The molecule has 0 heterocycles. The molecule has 2 nitrogen and oxygen atoms in total. The fourth-order valence-electron chi connectivity index (χ4n) is 2.19. The van der Waals surface area contributed by atoms with Crippen LogP contribution in [0, 0.1) is 0 Å². The molecule has 1 aromatic carbocycles. The molecule has 0 spiro atoms. The summed E-state index contributed by atoms with van der Waals surface area (Å²) in [6.45, 7) is 13.4. The van der Waals surface area contributed by atoms with Gasteiger partial charge < -0.3 is 10.2 Å². The third-order valence-corrected chi connectivity index (χ3v) is 4.12. The molecule has 1 N–H and O–H groups in total. The van der Waals surface area contributed by atoms with E-state index >= 15 is 0 Å². The van der Waals surface area contributed by atoms with E-state index in [4.69, 9.17) is 0 Å². The number of nitrogens with zero attached hydrogens (tertiary/aromatic N) is 1. The van der Waals surface area contributed by atoms with Crippen LogP contribution in [0.2, 0.25) is 0 Å². The predicted molar refractivity (Wildman–Crippen MR) is 89.3 cm³/mol. The Bertz CT molecular complexity index is 368. The van der Waals surface area contributed by atoms with Crippen molar-refractivity contribution in [1.29, 1.82) is 0 Å². The van der Waals surface area contributed by atoms with Gasteiger partial charge in [0, 0.05) is 12.1 Å². The van der Waals surface area contributed by atoms with Gasteiger partial charge in [-0.2, -0.15) is 0 Å². The van der Waals surface area contributed by atoms with E-state index in [2.05, 4.69) is 76.1 Å². The van der Waals surface area contributed by atoms with Gasteiger partial charge in [-0.15, -0.1) is 0 Å². The molecule has 114 valence electrons. The second-order valence-corrected chi connectivity index (χ2v) is 6.43. The molecule has 0 saturated carbocycles. The Morgan fingerprint density at radius 1 is 0.950 bits per heavy atom. The zero-order valence-electron chi connectivity index (χ0n) is 14.1. The molecule has 1 atom stereocenters. The quantitative estimate of drug-likeness (QED) is 0.716. The van der Waals surface area contributed by atoms with Gasteiger partial charge in [0.2, 0.25) is 0 Å². The van der Waals surface area contributed by atoms with Crippen molar-refractivity contribution in [3.8, 4) is 0 Å². The number of hydrogen-bond acceptors (Lipinski definition) is 2. The lowest BCUT2D eigenvalue weighted by molar-refractivity contribution is 0.268. The van der Waals surface area contributed by atoms with Gasteiger partial charge in [0.15, 0.2) is 0 Å². The second-order valence-electron chi connectivity index (χ2n) is 6.43. The van der Waals surface area contributed by atoms with Crippen LogP contribution in [-0.4, -0.2) is 31.1 Å². The summed E-state index contributed by atoms with van der Waals surface area (Å²) in [5.41, 5.74) is 2.80. The molecule has 0 aliphatic heterocycles. The van der Waals surface area contributed by atoms with Gasteiger partial charge in [-0.3, -0.25) is 0 Å². The standard InChI is InChI=1S/C18H32N2/c1-14(2)17-8-10-18(11-9-17)16(5)19-12-7-13-20(6)15(3)4/h8-11,14-16,19H,7,12-13H2,1-6H3. The van der Waals surface area contributed by atoms with Crippen molar-refractivity contribution < 1.29 is 0 Å². The molecule has 0 aliphatic carbocycles. The van der Waals surface area contributed by atoms with Gasteiger partial charge >= 0.3 is 0 Å². The largest absolute Gasteiger partial charge is 0.310 e. The van der Waals surface area contributed by atoms with Crippen molar-refractivity contribution in [3.05, 3.63) is 35.4 Å². The maximum atomic E-state index is 3.62. The SMILES string of the molecule is CC(C)c1ccc(C(C)NCCCN(C)C(C)C)cc1. The Kier molecular flexibility index (Phi) is 7.25. The van der Waals surface area contributed by atoms with Gasteiger partial charge in [0.1, 0.15) is 0 Å². The lowest BCUT2D eigenvalue weighted by atomic mass is 9.99.